The molecule has 0 aromatic heterocycles. The highest BCUT2D eigenvalue weighted by molar-refractivity contribution is 7.80. The van der Waals surface area contributed by atoms with E-state index in [9.17, 15) is 9.59 Å². The second-order valence-corrected chi connectivity index (χ2v) is 4.55. The third kappa shape index (κ3) is 6.93. The Labute approximate surface area is 114 Å². The molecule has 0 spiro atoms. The van der Waals surface area contributed by atoms with E-state index in [1.807, 2.05) is 0 Å². The minimum atomic E-state index is -1.04. The molecule has 0 bridgehead atoms. The number of hydrogen-bond donors (Lipinski definition) is 4. The van der Waals surface area contributed by atoms with Gasteiger partial charge in [-0.05, 0) is 47.0 Å². The molecule has 4 N–H and O–H groups in total. The van der Waals surface area contributed by atoms with Crippen LogP contribution in [0.25, 0.3) is 0 Å². The minimum Gasteiger partial charge on any atom is -0.480 e. The first kappa shape index (κ1) is 17.4. The van der Waals surface area contributed by atoms with E-state index in [1.54, 1.807) is 0 Å². The number of carboxylic acid groups (broad SMARTS) is 1. The Morgan fingerprint density at radius 3 is 2.50 bits per heavy atom. The third-order valence-electron chi connectivity index (χ3n) is 2.42. The molecule has 8 heteroatoms. The number of nitrogens with zero attached hydrogens (tertiary/aromatic N) is 1. The van der Waals surface area contributed by atoms with Gasteiger partial charge in [0.2, 0.25) is 5.91 Å². The summed E-state index contributed by atoms with van der Waals surface area (Å²) in [5.74, 6) is -0.949. The van der Waals surface area contributed by atoms with Crippen molar-refractivity contribution in [2.45, 2.75) is 37.8 Å². The van der Waals surface area contributed by atoms with E-state index in [0.29, 0.717) is 31.6 Å². The first-order chi connectivity index (χ1) is 8.56. The molecule has 0 fully saturated rings. The molecule has 2 atom stereocenters. The Balaban J connectivity index is 4.33. The summed E-state index contributed by atoms with van der Waals surface area (Å²) in [6.45, 7) is 0.513. The summed E-state index contributed by atoms with van der Waals surface area (Å²) in [7, 11) is 2.92. The summed E-state index contributed by atoms with van der Waals surface area (Å²) in [4.78, 5) is 22.7. The lowest BCUT2D eigenvalue weighted by atomic mass is 10.1. The van der Waals surface area contributed by atoms with Crippen molar-refractivity contribution >= 4 is 33.5 Å². The van der Waals surface area contributed by atoms with Gasteiger partial charge < -0.3 is 16.2 Å². The lowest BCUT2D eigenvalue weighted by Gasteiger charge is -2.17. The van der Waals surface area contributed by atoms with Gasteiger partial charge in [-0.15, -0.1) is 0 Å². The number of nitrogens with one attached hydrogen (secondary N) is 1. The van der Waals surface area contributed by atoms with Crippen LogP contribution in [0.3, 0.4) is 0 Å². The summed E-state index contributed by atoms with van der Waals surface area (Å²) in [6, 6.07) is -1.50. The molecule has 0 aliphatic carbocycles. The molecule has 2 unspecified atom stereocenters. The van der Waals surface area contributed by atoms with Crippen LogP contribution >= 0.6 is 21.7 Å². The minimum absolute atomic E-state index is 0.369. The molecule has 0 rings (SSSR count). The monoisotopic (exact) mass is 293 g/mol. The second-order valence-electron chi connectivity index (χ2n) is 3.84. The lowest BCUT2D eigenvalue weighted by molar-refractivity contribution is -0.142. The van der Waals surface area contributed by atoms with E-state index in [1.165, 1.54) is 0 Å². The van der Waals surface area contributed by atoms with Gasteiger partial charge in [-0.2, -0.15) is 12.6 Å². The van der Waals surface area contributed by atoms with Gasteiger partial charge in [-0.1, -0.05) is 0 Å². The number of carbonyl (C=O) groups excluding carboxylic acids is 1. The molecule has 0 saturated carbocycles. The maximum absolute atomic E-state index is 11.8. The zero-order valence-electron chi connectivity index (χ0n) is 10.1. The first-order valence-electron chi connectivity index (χ1n) is 5.77. The fourth-order valence-corrected chi connectivity index (χ4v) is 1.89. The average Bonchev–Trinajstić information content (AvgIpc) is 2.34. The molecular weight excluding hydrogens is 273 g/mol. The van der Waals surface area contributed by atoms with Gasteiger partial charge in [0.1, 0.15) is 12.1 Å². The Bertz CT molecular complexity index is 292. The van der Waals surface area contributed by atoms with Crippen LogP contribution in [0.5, 0.6) is 0 Å². The van der Waals surface area contributed by atoms with Crippen molar-refractivity contribution in [1.29, 1.82) is 0 Å². The van der Waals surface area contributed by atoms with Crippen LogP contribution < -0.4 is 11.1 Å². The fourth-order valence-electron chi connectivity index (χ4n) is 1.39. The molecule has 0 heterocycles. The average molecular weight is 293 g/mol. The van der Waals surface area contributed by atoms with E-state index in [0.717, 1.165) is 6.42 Å². The third-order valence-corrected chi connectivity index (χ3v) is 2.99. The van der Waals surface area contributed by atoms with Crippen LogP contribution in [0.4, 0.5) is 0 Å². The van der Waals surface area contributed by atoms with Crippen molar-refractivity contribution in [3.05, 3.63) is 0 Å². The van der Waals surface area contributed by atoms with Crippen LogP contribution in [0.2, 0.25) is 0 Å². The van der Waals surface area contributed by atoms with Gasteiger partial charge in [0, 0.05) is 0 Å². The summed E-state index contributed by atoms with van der Waals surface area (Å²) in [6.07, 6.45) is 2.22. The van der Waals surface area contributed by atoms with Gasteiger partial charge in [0.25, 0.3) is 0 Å². The van der Waals surface area contributed by atoms with E-state index in [2.05, 4.69) is 31.7 Å². The summed E-state index contributed by atoms with van der Waals surface area (Å²) < 4.78 is 3.72. The van der Waals surface area contributed by atoms with Crippen LogP contribution in [0.15, 0.2) is 4.74 Å². The maximum Gasteiger partial charge on any atom is 0.326 e. The second kappa shape index (κ2) is 10.3. The zero-order chi connectivity index (χ0) is 14.0. The van der Waals surface area contributed by atoms with E-state index in [4.69, 9.17) is 10.8 Å². The molecule has 18 heavy (non-hydrogen) atoms. The largest absolute Gasteiger partial charge is 0.480 e. The molecule has 0 aromatic rings. The SMILES string of the molecule is NCCCCC(NC(=O)C(CCS)N=P)C(=O)O. The van der Waals surface area contributed by atoms with Gasteiger partial charge in [-0.25, -0.2) is 4.79 Å². The summed E-state index contributed by atoms with van der Waals surface area (Å²) >= 11 is 4.02. The number of carbonyl (C=O) groups is 2. The number of hydrogen-bond acceptors (Lipinski definition) is 5. The van der Waals surface area contributed by atoms with Crippen molar-refractivity contribution in [2.24, 2.45) is 10.5 Å². The Morgan fingerprint density at radius 1 is 1.39 bits per heavy atom. The maximum atomic E-state index is 11.8. The summed E-state index contributed by atoms with van der Waals surface area (Å²) in [5.41, 5.74) is 5.34. The molecule has 0 aliphatic heterocycles. The number of thiol groups is 1. The molecule has 0 aromatic carbocycles. The number of nitrogens with two attached hydrogens (primary N) is 1. The molecule has 0 saturated heterocycles. The Hall–Kier alpha value is -0.650. The first-order valence-corrected chi connectivity index (χ1v) is 6.85. The molecule has 0 radical (unpaired) electrons. The van der Waals surface area contributed by atoms with Gasteiger partial charge in [0.05, 0.1) is 0 Å². The van der Waals surface area contributed by atoms with E-state index >= 15 is 0 Å². The fraction of sp³-hybridized carbons (Fsp3) is 0.800. The highest BCUT2D eigenvalue weighted by atomic mass is 32.1. The van der Waals surface area contributed by atoms with E-state index < -0.39 is 24.0 Å². The van der Waals surface area contributed by atoms with Crippen LogP contribution in [-0.4, -0.2) is 41.4 Å². The molecule has 6 nitrogen and oxygen atoms in total. The highest BCUT2D eigenvalue weighted by Crippen LogP contribution is 2.06. The predicted octanol–water partition coefficient (Wildman–Crippen LogP) is 0.700. The standard InChI is InChI=1S/C10H20N3O3PS/c11-5-2-1-3-8(10(15)16)12-9(14)7(13-17)4-6-18/h7-8,17-18H,1-6,11H2,(H,12,14)(H,15,16). The normalized spacial score (nSPS) is 13.7. The number of carboxylic acids is 1. The highest BCUT2D eigenvalue weighted by Gasteiger charge is 2.23. The van der Waals surface area contributed by atoms with E-state index in [-0.39, 0.29) is 0 Å². The van der Waals surface area contributed by atoms with Crippen molar-refractivity contribution in [1.82, 2.24) is 5.32 Å². The van der Waals surface area contributed by atoms with Gasteiger partial charge >= 0.3 is 5.97 Å². The van der Waals surface area contributed by atoms with Crippen LogP contribution in [0.1, 0.15) is 25.7 Å². The Kier molecular flexibility index (Phi) is 9.92. The van der Waals surface area contributed by atoms with Crippen molar-refractivity contribution in [3.63, 3.8) is 0 Å². The quantitative estimate of drug-likeness (QED) is 0.270. The predicted molar refractivity (Wildman–Crippen MR) is 75.5 cm³/mol. The smallest absolute Gasteiger partial charge is 0.326 e. The van der Waals surface area contributed by atoms with Crippen LogP contribution in [0, 0.1) is 0 Å². The number of rotatable bonds is 10. The molecule has 104 valence electrons. The van der Waals surface area contributed by atoms with Crippen molar-refractivity contribution < 1.29 is 14.7 Å². The number of amides is 1. The molecule has 0 aliphatic rings. The molecule has 1 amide bonds. The van der Waals surface area contributed by atoms with Gasteiger partial charge in [0.15, 0.2) is 0 Å². The van der Waals surface area contributed by atoms with Crippen LogP contribution in [-0.2, 0) is 9.59 Å². The zero-order valence-corrected chi connectivity index (χ0v) is 12.0. The van der Waals surface area contributed by atoms with Crippen molar-refractivity contribution in [2.75, 3.05) is 12.3 Å². The number of unbranched alkanes of at least 4 members (excludes halogenated alkanes) is 1. The number of aliphatic carboxylic acids is 1. The Morgan fingerprint density at radius 2 is 2.06 bits per heavy atom. The van der Waals surface area contributed by atoms with Gasteiger partial charge in [-0.3, -0.25) is 9.54 Å². The molecular formula is C10H20N3O3PS. The lowest BCUT2D eigenvalue weighted by Crippen LogP contribution is -2.45. The summed E-state index contributed by atoms with van der Waals surface area (Å²) in [5, 5.41) is 11.5. The topological polar surface area (TPSA) is 105 Å². The van der Waals surface area contributed by atoms with Crippen molar-refractivity contribution in [3.8, 4) is 0 Å².